The molecule has 2 rings (SSSR count). The molecule has 1 saturated heterocycles. The second kappa shape index (κ2) is 6.81. The first-order valence-corrected chi connectivity index (χ1v) is 8.87. The van der Waals surface area contributed by atoms with Crippen molar-refractivity contribution in [3.63, 3.8) is 0 Å². The third-order valence-electron chi connectivity index (χ3n) is 3.07. The van der Waals surface area contributed by atoms with Crippen LogP contribution in [0.5, 0.6) is 0 Å². The van der Waals surface area contributed by atoms with Crippen molar-refractivity contribution in [2.45, 2.75) is 37.2 Å². The van der Waals surface area contributed by atoms with Gasteiger partial charge < -0.3 is 10.1 Å². The molecule has 0 amide bonds. The highest BCUT2D eigenvalue weighted by atomic mass is 32.2. The number of nitrogens with one attached hydrogen (secondary N) is 2. The Morgan fingerprint density at radius 2 is 2.16 bits per heavy atom. The van der Waals surface area contributed by atoms with E-state index in [1.54, 1.807) is 6.07 Å². The van der Waals surface area contributed by atoms with Crippen LogP contribution in [-0.2, 0) is 21.3 Å². The molecule has 1 fully saturated rings. The molecule has 0 saturated carbocycles. The van der Waals surface area contributed by atoms with Crippen LogP contribution >= 0.6 is 11.3 Å². The van der Waals surface area contributed by atoms with Crippen LogP contribution in [0.2, 0.25) is 0 Å². The molecule has 1 aromatic rings. The van der Waals surface area contributed by atoms with Crippen molar-refractivity contribution in [3.05, 3.63) is 16.3 Å². The van der Waals surface area contributed by atoms with Gasteiger partial charge in [0.2, 0.25) is 10.0 Å². The van der Waals surface area contributed by atoms with Gasteiger partial charge in [0, 0.05) is 30.7 Å². The fourth-order valence-electron chi connectivity index (χ4n) is 2.03. The number of hydrogen-bond acceptors (Lipinski definition) is 5. The normalized spacial score (nSPS) is 17.7. The SMILES string of the molecule is CCNCc1sccc1S(=O)(=O)NC1CCOCC1. The summed E-state index contributed by atoms with van der Waals surface area (Å²) in [5, 5.41) is 4.99. The first-order valence-electron chi connectivity index (χ1n) is 6.50. The summed E-state index contributed by atoms with van der Waals surface area (Å²) >= 11 is 1.47. The Morgan fingerprint density at radius 1 is 1.42 bits per heavy atom. The summed E-state index contributed by atoms with van der Waals surface area (Å²) in [6.07, 6.45) is 1.48. The number of sulfonamides is 1. The van der Waals surface area contributed by atoms with Gasteiger partial charge in [-0.15, -0.1) is 11.3 Å². The number of hydrogen-bond donors (Lipinski definition) is 2. The maximum atomic E-state index is 12.4. The van der Waals surface area contributed by atoms with Gasteiger partial charge in [-0.25, -0.2) is 13.1 Å². The number of rotatable bonds is 6. The largest absolute Gasteiger partial charge is 0.381 e. The Labute approximate surface area is 118 Å². The highest BCUT2D eigenvalue weighted by molar-refractivity contribution is 7.89. The van der Waals surface area contributed by atoms with Gasteiger partial charge >= 0.3 is 0 Å². The average Bonchev–Trinajstić information content (AvgIpc) is 2.86. The minimum absolute atomic E-state index is 0.00867. The van der Waals surface area contributed by atoms with Crippen LogP contribution in [0.1, 0.15) is 24.6 Å². The first-order chi connectivity index (χ1) is 9.13. The minimum Gasteiger partial charge on any atom is -0.381 e. The van der Waals surface area contributed by atoms with Crippen molar-refractivity contribution < 1.29 is 13.2 Å². The van der Waals surface area contributed by atoms with Crippen LogP contribution in [0.25, 0.3) is 0 Å². The lowest BCUT2D eigenvalue weighted by Gasteiger charge is -2.23. The second-order valence-electron chi connectivity index (χ2n) is 4.50. The molecule has 0 bridgehead atoms. The van der Waals surface area contributed by atoms with Gasteiger partial charge in [-0.05, 0) is 30.8 Å². The van der Waals surface area contributed by atoms with E-state index in [0.717, 1.165) is 24.3 Å². The van der Waals surface area contributed by atoms with Crippen LogP contribution < -0.4 is 10.0 Å². The molecule has 0 unspecified atom stereocenters. The van der Waals surface area contributed by atoms with E-state index in [1.807, 2.05) is 12.3 Å². The summed E-state index contributed by atoms with van der Waals surface area (Å²) in [5.41, 5.74) is 0. The predicted molar refractivity (Wildman–Crippen MR) is 75.9 cm³/mol. The van der Waals surface area contributed by atoms with Crippen molar-refractivity contribution in [3.8, 4) is 0 Å². The Bertz CT molecular complexity index is 493. The smallest absolute Gasteiger partial charge is 0.241 e. The zero-order valence-electron chi connectivity index (χ0n) is 11.0. The number of ether oxygens (including phenoxy) is 1. The van der Waals surface area contributed by atoms with Crippen molar-refractivity contribution in [2.75, 3.05) is 19.8 Å². The lowest BCUT2D eigenvalue weighted by Crippen LogP contribution is -2.39. The van der Waals surface area contributed by atoms with Crippen molar-refractivity contribution in [1.82, 2.24) is 10.0 Å². The molecular formula is C12H20N2O3S2. The van der Waals surface area contributed by atoms with E-state index in [-0.39, 0.29) is 6.04 Å². The maximum Gasteiger partial charge on any atom is 0.241 e. The number of thiophene rings is 1. The standard InChI is InChI=1S/C12H20N2O3S2/c1-2-13-9-11-12(5-8-18-11)19(15,16)14-10-3-6-17-7-4-10/h5,8,10,13-14H,2-4,6-7,9H2,1H3. The molecule has 19 heavy (non-hydrogen) atoms. The molecular weight excluding hydrogens is 284 g/mol. The molecule has 1 aliphatic heterocycles. The molecule has 0 radical (unpaired) electrons. The Kier molecular flexibility index (Phi) is 5.35. The van der Waals surface area contributed by atoms with Gasteiger partial charge in [0.15, 0.2) is 0 Å². The van der Waals surface area contributed by atoms with Gasteiger partial charge in [-0.2, -0.15) is 0 Å². The average molecular weight is 304 g/mol. The monoisotopic (exact) mass is 304 g/mol. The molecule has 108 valence electrons. The Morgan fingerprint density at radius 3 is 2.84 bits per heavy atom. The van der Waals surface area contributed by atoms with Gasteiger partial charge in [0.05, 0.1) is 4.90 Å². The van der Waals surface area contributed by atoms with Crippen molar-refractivity contribution in [2.24, 2.45) is 0 Å². The first kappa shape index (κ1) is 14.9. The molecule has 1 aliphatic rings. The van der Waals surface area contributed by atoms with E-state index in [1.165, 1.54) is 11.3 Å². The topological polar surface area (TPSA) is 67.4 Å². The Balaban J connectivity index is 2.08. The molecule has 2 N–H and O–H groups in total. The lowest BCUT2D eigenvalue weighted by atomic mass is 10.1. The molecule has 1 aromatic heterocycles. The van der Waals surface area contributed by atoms with Crippen LogP contribution in [-0.4, -0.2) is 34.2 Å². The van der Waals surface area contributed by atoms with Gasteiger partial charge in [-0.3, -0.25) is 0 Å². The van der Waals surface area contributed by atoms with Crippen molar-refractivity contribution >= 4 is 21.4 Å². The van der Waals surface area contributed by atoms with Crippen LogP contribution in [0.15, 0.2) is 16.3 Å². The zero-order valence-corrected chi connectivity index (χ0v) is 12.6. The van der Waals surface area contributed by atoms with Crippen LogP contribution in [0.3, 0.4) is 0 Å². The van der Waals surface area contributed by atoms with Crippen molar-refractivity contribution in [1.29, 1.82) is 0 Å². The minimum atomic E-state index is -3.41. The van der Waals surface area contributed by atoms with Crippen LogP contribution in [0.4, 0.5) is 0 Å². The summed E-state index contributed by atoms with van der Waals surface area (Å²) in [6, 6.07) is 1.67. The van der Waals surface area contributed by atoms with E-state index in [0.29, 0.717) is 24.7 Å². The predicted octanol–water partition coefficient (Wildman–Crippen LogP) is 1.31. The Hall–Kier alpha value is -0.470. The highest BCUT2D eigenvalue weighted by Crippen LogP contribution is 2.22. The van der Waals surface area contributed by atoms with E-state index >= 15 is 0 Å². The zero-order chi connectivity index (χ0) is 13.7. The molecule has 0 atom stereocenters. The summed E-state index contributed by atoms with van der Waals surface area (Å²) in [7, 11) is -3.41. The van der Waals surface area contributed by atoms with Crippen LogP contribution in [0, 0.1) is 0 Å². The summed E-state index contributed by atoms with van der Waals surface area (Å²) in [4.78, 5) is 1.27. The third-order valence-corrected chi connectivity index (χ3v) is 5.73. The molecule has 5 nitrogen and oxygen atoms in total. The van der Waals surface area contributed by atoms with Gasteiger partial charge in [-0.1, -0.05) is 6.92 Å². The maximum absolute atomic E-state index is 12.4. The summed E-state index contributed by atoms with van der Waals surface area (Å²) in [5.74, 6) is 0. The highest BCUT2D eigenvalue weighted by Gasteiger charge is 2.24. The third kappa shape index (κ3) is 4.00. The van der Waals surface area contributed by atoms with Gasteiger partial charge in [0.1, 0.15) is 0 Å². The quantitative estimate of drug-likeness (QED) is 0.832. The van der Waals surface area contributed by atoms with Gasteiger partial charge in [0.25, 0.3) is 0 Å². The molecule has 0 aromatic carbocycles. The molecule has 0 spiro atoms. The lowest BCUT2D eigenvalue weighted by molar-refractivity contribution is 0.0832. The molecule has 2 heterocycles. The van der Waals surface area contributed by atoms with E-state index in [4.69, 9.17) is 4.74 Å². The second-order valence-corrected chi connectivity index (χ2v) is 7.18. The van der Waals surface area contributed by atoms with E-state index in [9.17, 15) is 8.42 Å². The van der Waals surface area contributed by atoms with E-state index < -0.39 is 10.0 Å². The summed E-state index contributed by atoms with van der Waals surface area (Å²) < 4.78 is 32.8. The van der Waals surface area contributed by atoms with E-state index in [2.05, 4.69) is 10.0 Å². The fourth-order valence-corrected chi connectivity index (χ4v) is 4.75. The molecule has 0 aliphatic carbocycles. The summed E-state index contributed by atoms with van der Waals surface area (Å²) in [6.45, 7) is 4.67. The fraction of sp³-hybridized carbons (Fsp3) is 0.667. The molecule has 7 heteroatoms.